The van der Waals surface area contributed by atoms with Gasteiger partial charge >= 0.3 is 6.18 Å². The van der Waals surface area contributed by atoms with Crippen LogP contribution in [-0.4, -0.2) is 22.8 Å². The maximum atomic E-state index is 13.6. The van der Waals surface area contributed by atoms with E-state index in [1.165, 1.54) is 18.4 Å². The molecular weight excluding hydrogens is 308 g/mol. The number of halogens is 4. The van der Waals surface area contributed by atoms with Crippen molar-refractivity contribution in [2.24, 2.45) is 0 Å². The van der Waals surface area contributed by atoms with E-state index in [0.29, 0.717) is 23.9 Å². The fraction of sp³-hybridized carbons (Fsp3) is 0.231. The number of rotatable bonds is 3. The molecule has 2 rings (SSSR count). The van der Waals surface area contributed by atoms with Gasteiger partial charge in [-0.25, -0.2) is 9.37 Å². The van der Waals surface area contributed by atoms with Gasteiger partial charge in [0.05, 0.1) is 28.9 Å². The van der Waals surface area contributed by atoms with Crippen LogP contribution in [0.1, 0.15) is 21.6 Å². The first-order chi connectivity index (χ1) is 9.79. The largest absolute Gasteiger partial charge is 0.416 e. The third-order valence-corrected chi connectivity index (χ3v) is 3.39. The van der Waals surface area contributed by atoms with Crippen LogP contribution >= 0.6 is 11.3 Å². The summed E-state index contributed by atoms with van der Waals surface area (Å²) in [6.45, 7) is 0.0953. The smallest absolute Gasteiger partial charge is 0.336 e. The van der Waals surface area contributed by atoms with Gasteiger partial charge in [-0.15, -0.1) is 11.3 Å². The molecule has 2 aromatic rings. The van der Waals surface area contributed by atoms with Crippen molar-refractivity contribution < 1.29 is 22.4 Å². The molecule has 3 nitrogen and oxygen atoms in total. The molecule has 0 aliphatic heterocycles. The second-order valence-electron chi connectivity index (χ2n) is 4.33. The number of thiazole rings is 1. The van der Waals surface area contributed by atoms with Gasteiger partial charge in [0.15, 0.2) is 0 Å². The summed E-state index contributed by atoms with van der Waals surface area (Å²) in [6, 6.07) is 1.77. The molecule has 1 amide bonds. The summed E-state index contributed by atoms with van der Waals surface area (Å²) in [7, 11) is 1.38. The highest BCUT2D eigenvalue weighted by atomic mass is 32.1. The average molecular weight is 318 g/mol. The van der Waals surface area contributed by atoms with Gasteiger partial charge in [0.25, 0.3) is 5.91 Å². The molecule has 0 unspecified atom stereocenters. The molecule has 0 saturated carbocycles. The number of hydrogen-bond acceptors (Lipinski definition) is 3. The third kappa shape index (κ3) is 3.57. The number of carbonyl (C=O) groups excluding carboxylic acids is 1. The lowest BCUT2D eigenvalue weighted by molar-refractivity contribution is -0.137. The van der Waals surface area contributed by atoms with Gasteiger partial charge in [0.2, 0.25) is 0 Å². The van der Waals surface area contributed by atoms with E-state index in [-0.39, 0.29) is 6.54 Å². The monoisotopic (exact) mass is 318 g/mol. The molecule has 1 aromatic carbocycles. The van der Waals surface area contributed by atoms with Gasteiger partial charge in [0, 0.05) is 12.4 Å². The molecular formula is C13H10F4N2OS. The van der Waals surface area contributed by atoms with Crippen molar-refractivity contribution in [1.29, 1.82) is 0 Å². The summed E-state index contributed by atoms with van der Waals surface area (Å²) in [5.41, 5.74) is 0.485. The third-order valence-electron chi connectivity index (χ3n) is 2.75. The number of hydrogen-bond donors (Lipinski definition) is 0. The minimum Gasteiger partial charge on any atom is -0.336 e. The van der Waals surface area contributed by atoms with Gasteiger partial charge in [-0.3, -0.25) is 4.79 Å². The normalized spacial score (nSPS) is 11.5. The minimum atomic E-state index is -4.63. The Hall–Kier alpha value is -1.96. The molecule has 0 aliphatic carbocycles. The minimum absolute atomic E-state index is 0.0953. The van der Waals surface area contributed by atoms with Crippen molar-refractivity contribution >= 4 is 17.2 Å². The van der Waals surface area contributed by atoms with E-state index in [9.17, 15) is 22.4 Å². The van der Waals surface area contributed by atoms with Crippen LogP contribution in [0.25, 0.3) is 0 Å². The zero-order valence-corrected chi connectivity index (χ0v) is 11.6. The van der Waals surface area contributed by atoms with E-state index in [4.69, 9.17) is 0 Å². The molecule has 112 valence electrons. The molecule has 0 N–H and O–H groups in total. The Bertz CT molecular complexity index is 640. The van der Waals surface area contributed by atoms with Crippen LogP contribution in [0.3, 0.4) is 0 Å². The Labute approximate surface area is 121 Å². The van der Waals surface area contributed by atoms with Gasteiger partial charge in [-0.1, -0.05) is 0 Å². The molecule has 0 aliphatic rings. The van der Waals surface area contributed by atoms with Gasteiger partial charge in [-0.2, -0.15) is 13.2 Å². The number of nitrogens with zero attached hydrogens (tertiary/aromatic N) is 2. The summed E-state index contributed by atoms with van der Waals surface area (Å²) in [5, 5.41) is 1.70. The maximum Gasteiger partial charge on any atom is 0.416 e. The van der Waals surface area contributed by atoms with Crippen molar-refractivity contribution in [2.45, 2.75) is 12.7 Å². The molecule has 0 atom stereocenters. The number of aromatic nitrogens is 1. The summed E-state index contributed by atoms with van der Waals surface area (Å²) in [5.74, 6) is -1.82. The zero-order chi connectivity index (χ0) is 15.6. The first kappa shape index (κ1) is 15.4. The van der Waals surface area contributed by atoms with E-state index in [1.54, 1.807) is 10.9 Å². The molecule has 1 aromatic heterocycles. The molecule has 0 bridgehead atoms. The Balaban J connectivity index is 2.26. The topological polar surface area (TPSA) is 33.2 Å². The number of benzene rings is 1. The summed E-state index contributed by atoms with van der Waals surface area (Å²) in [6.07, 6.45) is -4.63. The van der Waals surface area contributed by atoms with Crippen molar-refractivity contribution in [3.63, 3.8) is 0 Å². The zero-order valence-electron chi connectivity index (χ0n) is 10.8. The van der Waals surface area contributed by atoms with Gasteiger partial charge in [0.1, 0.15) is 5.82 Å². The lowest BCUT2D eigenvalue weighted by Gasteiger charge is -2.17. The van der Waals surface area contributed by atoms with Crippen LogP contribution < -0.4 is 0 Å². The summed E-state index contributed by atoms with van der Waals surface area (Å²) in [4.78, 5) is 17.1. The predicted octanol–water partition coefficient (Wildman–Crippen LogP) is 3.57. The van der Waals surface area contributed by atoms with E-state index >= 15 is 0 Å². The van der Waals surface area contributed by atoms with Crippen LogP contribution in [0, 0.1) is 5.82 Å². The Morgan fingerprint density at radius 3 is 2.67 bits per heavy atom. The van der Waals surface area contributed by atoms with E-state index < -0.39 is 29.0 Å². The van der Waals surface area contributed by atoms with E-state index in [2.05, 4.69) is 4.98 Å². The van der Waals surface area contributed by atoms with Gasteiger partial charge < -0.3 is 4.90 Å². The van der Waals surface area contributed by atoms with Crippen molar-refractivity contribution in [1.82, 2.24) is 9.88 Å². The van der Waals surface area contributed by atoms with Crippen LogP contribution in [0.4, 0.5) is 17.6 Å². The summed E-state index contributed by atoms with van der Waals surface area (Å²) >= 11 is 1.33. The highest BCUT2D eigenvalue weighted by Crippen LogP contribution is 2.30. The predicted molar refractivity (Wildman–Crippen MR) is 69.3 cm³/mol. The fourth-order valence-electron chi connectivity index (χ4n) is 1.70. The lowest BCUT2D eigenvalue weighted by Crippen LogP contribution is -2.27. The van der Waals surface area contributed by atoms with Crippen molar-refractivity contribution in [3.8, 4) is 0 Å². The van der Waals surface area contributed by atoms with Crippen LogP contribution in [0.15, 0.2) is 29.1 Å². The average Bonchev–Trinajstić information content (AvgIpc) is 2.90. The Kier molecular flexibility index (Phi) is 4.26. The first-order valence-corrected chi connectivity index (χ1v) is 6.72. The first-order valence-electron chi connectivity index (χ1n) is 5.78. The van der Waals surface area contributed by atoms with E-state index in [0.717, 1.165) is 4.90 Å². The molecule has 0 radical (unpaired) electrons. The number of amides is 1. The number of carbonyl (C=O) groups is 1. The van der Waals surface area contributed by atoms with Crippen LogP contribution in [0.2, 0.25) is 0 Å². The SMILES string of the molecule is CN(Cc1cscn1)C(=O)c1cc(C(F)(F)F)ccc1F. The Morgan fingerprint density at radius 1 is 1.38 bits per heavy atom. The molecule has 0 saturated heterocycles. The summed E-state index contributed by atoms with van der Waals surface area (Å²) < 4.78 is 51.5. The van der Waals surface area contributed by atoms with Gasteiger partial charge in [-0.05, 0) is 18.2 Å². The molecule has 21 heavy (non-hydrogen) atoms. The highest BCUT2D eigenvalue weighted by Gasteiger charge is 2.32. The van der Waals surface area contributed by atoms with Crippen molar-refractivity contribution in [3.05, 3.63) is 51.7 Å². The standard InChI is InChI=1S/C13H10F4N2OS/c1-19(5-9-6-21-7-18-9)12(20)10-4-8(13(15,16)17)2-3-11(10)14/h2-4,6-7H,5H2,1H3. The lowest BCUT2D eigenvalue weighted by atomic mass is 10.1. The second-order valence-corrected chi connectivity index (χ2v) is 5.05. The fourth-order valence-corrected chi connectivity index (χ4v) is 2.25. The number of alkyl halides is 3. The Morgan fingerprint density at radius 2 is 2.10 bits per heavy atom. The molecule has 1 heterocycles. The van der Waals surface area contributed by atoms with E-state index in [1.807, 2.05) is 0 Å². The van der Waals surface area contributed by atoms with Crippen LogP contribution in [0.5, 0.6) is 0 Å². The maximum absolute atomic E-state index is 13.6. The highest BCUT2D eigenvalue weighted by molar-refractivity contribution is 7.07. The quantitative estimate of drug-likeness (QED) is 0.811. The van der Waals surface area contributed by atoms with Crippen molar-refractivity contribution in [2.75, 3.05) is 7.05 Å². The molecule has 8 heteroatoms. The van der Waals surface area contributed by atoms with Crippen LogP contribution in [-0.2, 0) is 12.7 Å². The molecule has 0 spiro atoms. The second kappa shape index (κ2) is 5.80. The molecule has 0 fully saturated rings.